The number of para-hydroxylation sites is 1. The van der Waals surface area contributed by atoms with Gasteiger partial charge in [0, 0.05) is 19.3 Å². The van der Waals surface area contributed by atoms with Crippen molar-refractivity contribution in [2.24, 2.45) is 4.99 Å². The van der Waals surface area contributed by atoms with Crippen LogP contribution in [0.5, 0.6) is 5.75 Å². The molecule has 1 rings (SSSR count). The van der Waals surface area contributed by atoms with Crippen LogP contribution in [0.1, 0.15) is 27.2 Å². The van der Waals surface area contributed by atoms with Gasteiger partial charge in [0.2, 0.25) is 0 Å². The summed E-state index contributed by atoms with van der Waals surface area (Å²) in [5.74, 6) is 1.47. The van der Waals surface area contributed by atoms with Crippen molar-refractivity contribution in [3.63, 3.8) is 0 Å². The van der Waals surface area contributed by atoms with Crippen molar-refractivity contribution in [2.45, 2.75) is 31.9 Å². The molecule has 0 aliphatic heterocycles. The topological polar surface area (TPSA) is 79.8 Å². The molecular formula is C17H30IN3O3S. The summed E-state index contributed by atoms with van der Waals surface area (Å²) in [5.41, 5.74) is 0. The predicted octanol–water partition coefficient (Wildman–Crippen LogP) is 2.45. The van der Waals surface area contributed by atoms with Crippen molar-refractivity contribution in [1.29, 1.82) is 0 Å². The molecule has 0 saturated carbocycles. The average molecular weight is 483 g/mol. The molecular weight excluding hydrogens is 453 g/mol. The van der Waals surface area contributed by atoms with Gasteiger partial charge in [-0.05, 0) is 39.3 Å². The molecule has 6 nitrogen and oxygen atoms in total. The van der Waals surface area contributed by atoms with Gasteiger partial charge >= 0.3 is 0 Å². The summed E-state index contributed by atoms with van der Waals surface area (Å²) in [6, 6.07) is 9.67. The van der Waals surface area contributed by atoms with Crippen molar-refractivity contribution < 1.29 is 13.2 Å². The third-order valence-electron chi connectivity index (χ3n) is 3.59. The second kappa shape index (κ2) is 11.6. The van der Waals surface area contributed by atoms with E-state index in [0.717, 1.165) is 12.2 Å². The van der Waals surface area contributed by atoms with E-state index in [1.165, 1.54) is 6.26 Å². The van der Waals surface area contributed by atoms with Crippen LogP contribution < -0.4 is 15.4 Å². The van der Waals surface area contributed by atoms with Crippen LogP contribution in [0.15, 0.2) is 35.3 Å². The Hall–Kier alpha value is -1.03. The van der Waals surface area contributed by atoms with Crippen molar-refractivity contribution in [1.82, 2.24) is 10.6 Å². The molecule has 0 unspecified atom stereocenters. The van der Waals surface area contributed by atoms with Crippen LogP contribution in [0.3, 0.4) is 0 Å². The molecule has 0 fully saturated rings. The van der Waals surface area contributed by atoms with Crippen LogP contribution in [-0.4, -0.2) is 51.6 Å². The van der Waals surface area contributed by atoms with Crippen molar-refractivity contribution >= 4 is 39.8 Å². The molecule has 0 aromatic heterocycles. The van der Waals surface area contributed by atoms with E-state index < -0.39 is 14.6 Å². The summed E-state index contributed by atoms with van der Waals surface area (Å²) in [6.45, 7) is 7.56. The average Bonchev–Trinajstić information content (AvgIpc) is 2.52. The molecule has 144 valence electrons. The maximum atomic E-state index is 11.7. The van der Waals surface area contributed by atoms with E-state index in [1.807, 2.05) is 37.3 Å². The zero-order valence-corrected chi connectivity index (χ0v) is 18.6. The van der Waals surface area contributed by atoms with Crippen LogP contribution in [0, 0.1) is 0 Å². The number of halogens is 1. The molecule has 2 N–H and O–H groups in total. The molecule has 0 radical (unpaired) electrons. The molecule has 1 aromatic rings. The van der Waals surface area contributed by atoms with Gasteiger partial charge in [-0.15, -0.1) is 24.0 Å². The normalized spacial score (nSPS) is 12.2. The highest BCUT2D eigenvalue weighted by Gasteiger charge is 2.29. The predicted molar refractivity (Wildman–Crippen MR) is 115 cm³/mol. The lowest BCUT2D eigenvalue weighted by Gasteiger charge is -2.21. The molecule has 0 atom stereocenters. The molecule has 0 amide bonds. The number of aliphatic imine (C=N–C) groups is 1. The van der Waals surface area contributed by atoms with Gasteiger partial charge in [0.15, 0.2) is 15.8 Å². The van der Waals surface area contributed by atoms with Crippen LogP contribution in [0.25, 0.3) is 0 Å². The lowest BCUT2D eigenvalue weighted by molar-refractivity contribution is 0.311. The number of nitrogens with zero attached hydrogens (tertiary/aromatic N) is 1. The summed E-state index contributed by atoms with van der Waals surface area (Å²) < 4.78 is 28.2. The molecule has 25 heavy (non-hydrogen) atoms. The van der Waals surface area contributed by atoms with Crippen LogP contribution >= 0.6 is 24.0 Å². The van der Waals surface area contributed by atoms with E-state index in [1.54, 1.807) is 13.8 Å². The van der Waals surface area contributed by atoms with Gasteiger partial charge in [0.1, 0.15) is 5.75 Å². The number of hydrogen-bond acceptors (Lipinski definition) is 4. The highest BCUT2D eigenvalue weighted by Crippen LogP contribution is 2.15. The van der Waals surface area contributed by atoms with Gasteiger partial charge in [0.05, 0.1) is 17.9 Å². The Kier molecular flexibility index (Phi) is 11.1. The van der Waals surface area contributed by atoms with Crippen molar-refractivity contribution in [2.75, 3.05) is 32.5 Å². The first-order valence-electron chi connectivity index (χ1n) is 8.16. The quantitative estimate of drug-likeness (QED) is 0.244. The number of guanidine groups is 1. The van der Waals surface area contributed by atoms with Crippen molar-refractivity contribution in [3.8, 4) is 5.75 Å². The molecule has 0 saturated heterocycles. The number of rotatable bonds is 9. The highest BCUT2D eigenvalue weighted by atomic mass is 127. The summed E-state index contributed by atoms with van der Waals surface area (Å²) in [4.78, 5) is 4.38. The first kappa shape index (κ1) is 24.0. The minimum atomic E-state index is -3.16. The molecule has 0 heterocycles. The zero-order valence-electron chi connectivity index (χ0n) is 15.4. The van der Waals surface area contributed by atoms with E-state index in [2.05, 4.69) is 15.6 Å². The van der Waals surface area contributed by atoms with Gasteiger partial charge < -0.3 is 15.4 Å². The molecule has 1 aromatic carbocycles. The smallest absolute Gasteiger partial charge is 0.191 e. The minimum absolute atomic E-state index is 0. The standard InChI is InChI=1S/C17H29N3O3S.HI/c1-5-18-16(20-14-17(2,3)24(4,21)22)19-12-9-13-23-15-10-7-6-8-11-15;/h6-8,10-11H,5,9,12-14H2,1-4H3,(H2,18,19,20);1H. The maximum Gasteiger partial charge on any atom is 0.191 e. The van der Waals surface area contributed by atoms with E-state index in [9.17, 15) is 8.42 Å². The summed E-state index contributed by atoms with van der Waals surface area (Å²) >= 11 is 0. The summed E-state index contributed by atoms with van der Waals surface area (Å²) in [6.07, 6.45) is 2.05. The third kappa shape index (κ3) is 9.29. The number of nitrogens with one attached hydrogen (secondary N) is 2. The Morgan fingerprint density at radius 2 is 1.84 bits per heavy atom. The van der Waals surface area contributed by atoms with E-state index >= 15 is 0 Å². The molecule has 0 aliphatic carbocycles. The lowest BCUT2D eigenvalue weighted by atomic mass is 10.2. The van der Waals surface area contributed by atoms with Gasteiger partial charge in [0.25, 0.3) is 0 Å². The Labute approximate surface area is 168 Å². The van der Waals surface area contributed by atoms with Gasteiger partial charge in [-0.1, -0.05) is 18.2 Å². The second-order valence-electron chi connectivity index (χ2n) is 6.17. The Morgan fingerprint density at radius 3 is 2.40 bits per heavy atom. The SMILES string of the molecule is CCNC(=NCC(C)(C)S(C)(=O)=O)NCCCOc1ccccc1.I. The third-order valence-corrected chi connectivity index (χ3v) is 5.73. The number of benzene rings is 1. The minimum Gasteiger partial charge on any atom is -0.494 e. The fourth-order valence-corrected chi connectivity index (χ4v) is 2.01. The maximum absolute atomic E-state index is 11.7. The zero-order chi connectivity index (χ0) is 18.1. The molecule has 8 heteroatoms. The van der Waals surface area contributed by atoms with Crippen LogP contribution in [0.2, 0.25) is 0 Å². The Bertz CT molecular complexity index is 619. The number of sulfone groups is 1. The fourth-order valence-electron chi connectivity index (χ4n) is 1.71. The molecule has 0 aliphatic rings. The largest absolute Gasteiger partial charge is 0.494 e. The van der Waals surface area contributed by atoms with Gasteiger partial charge in [-0.3, -0.25) is 4.99 Å². The fraction of sp³-hybridized carbons (Fsp3) is 0.588. The van der Waals surface area contributed by atoms with Gasteiger partial charge in [-0.25, -0.2) is 8.42 Å². The Morgan fingerprint density at radius 1 is 1.20 bits per heavy atom. The van der Waals surface area contributed by atoms with E-state index in [0.29, 0.717) is 25.7 Å². The second-order valence-corrected chi connectivity index (χ2v) is 8.82. The van der Waals surface area contributed by atoms with Crippen LogP contribution in [-0.2, 0) is 9.84 Å². The monoisotopic (exact) mass is 483 g/mol. The summed E-state index contributed by atoms with van der Waals surface area (Å²) in [5, 5.41) is 6.31. The lowest BCUT2D eigenvalue weighted by Crippen LogP contribution is -2.41. The van der Waals surface area contributed by atoms with Crippen molar-refractivity contribution in [3.05, 3.63) is 30.3 Å². The van der Waals surface area contributed by atoms with E-state index in [4.69, 9.17) is 4.74 Å². The van der Waals surface area contributed by atoms with E-state index in [-0.39, 0.29) is 30.5 Å². The van der Waals surface area contributed by atoms with Crippen LogP contribution in [0.4, 0.5) is 0 Å². The number of ether oxygens (including phenoxy) is 1. The summed E-state index contributed by atoms with van der Waals surface area (Å²) in [7, 11) is -3.16. The number of hydrogen-bond donors (Lipinski definition) is 2. The highest BCUT2D eigenvalue weighted by molar-refractivity contribution is 14.0. The Balaban J connectivity index is 0.00000576. The first-order chi connectivity index (χ1) is 11.3. The first-order valence-corrected chi connectivity index (χ1v) is 10.0. The molecule has 0 spiro atoms. The molecule has 0 bridgehead atoms. The van der Waals surface area contributed by atoms with Gasteiger partial charge in [-0.2, -0.15) is 0 Å².